The lowest BCUT2D eigenvalue weighted by Crippen LogP contribution is -1.97. The summed E-state index contributed by atoms with van der Waals surface area (Å²) in [5.74, 6) is 0. The standard InChI is InChI=1S/C10H15Cl2NS/c11-9-7-8(10(12)14-9)5-3-1-2-4-6-13/h7H,1-6,13H2. The van der Waals surface area contributed by atoms with Gasteiger partial charge in [0.15, 0.2) is 0 Å². The Morgan fingerprint density at radius 1 is 1.14 bits per heavy atom. The fraction of sp³-hybridized carbons (Fsp3) is 0.600. The van der Waals surface area contributed by atoms with Crippen LogP contribution in [0.1, 0.15) is 31.2 Å². The van der Waals surface area contributed by atoms with Gasteiger partial charge in [0.25, 0.3) is 0 Å². The minimum Gasteiger partial charge on any atom is -0.330 e. The van der Waals surface area contributed by atoms with E-state index in [9.17, 15) is 0 Å². The predicted molar refractivity (Wildman–Crippen MR) is 65.6 cm³/mol. The van der Waals surface area contributed by atoms with E-state index in [1.807, 2.05) is 6.07 Å². The Bertz CT molecular complexity index is 273. The topological polar surface area (TPSA) is 26.0 Å². The normalized spacial score (nSPS) is 10.8. The van der Waals surface area contributed by atoms with E-state index in [0.717, 1.165) is 28.1 Å². The quantitative estimate of drug-likeness (QED) is 0.757. The Kier molecular flexibility index (Phi) is 5.87. The van der Waals surface area contributed by atoms with Crippen molar-refractivity contribution in [2.75, 3.05) is 6.54 Å². The van der Waals surface area contributed by atoms with Crippen molar-refractivity contribution in [3.63, 3.8) is 0 Å². The summed E-state index contributed by atoms with van der Waals surface area (Å²) in [5, 5.41) is 0. The van der Waals surface area contributed by atoms with Crippen molar-refractivity contribution in [2.45, 2.75) is 32.1 Å². The summed E-state index contributed by atoms with van der Waals surface area (Å²) >= 11 is 13.3. The number of halogens is 2. The summed E-state index contributed by atoms with van der Waals surface area (Å²) in [5.41, 5.74) is 6.60. The van der Waals surface area contributed by atoms with Gasteiger partial charge in [0.2, 0.25) is 0 Å². The number of thiophene rings is 1. The number of unbranched alkanes of at least 4 members (excludes halogenated alkanes) is 3. The van der Waals surface area contributed by atoms with Crippen molar-refractivity contribution in [3.8, 4) is 0 Å². The first-order valence-electron chi connectivity index (χ1n) is 4.88. The molecule has 0 radical (unpaired) electrons. The number of rotatable bonds is 6. The first-order chi connectivity index (χ1) is 6.74. The minimum atomic E-state index is 0.784. The van der Waals surface area contributed by atoms with Gasteiger partial charge in [-0.2, -0.15) is 0 Å². The van der Waals surface area contributed by atoms with Crippen LogP contribution in [0.25, 0.3) is 0 Å². The highest BCUT2D eigenvalue weighted by molar-refractivity contribution is 7.20. The van der Waals surface area contributed by atoms with Crippen LogP contribution in [0.4, 0.5) is 0 Å². The van der Waals surface area contributed by atoms with E-state index < -0.39 is 0 Å². The zero-order valence-electron chi connectivity index (χ0n) is 8.06. The molecular weight excluding hydrogens is 237 g/mol. The van der Waals surface area contributed by atoms with E-state index in [1.54, 1.807) is 0 Å². The summed E-state index contributed by atoms with van der Waals surface area (Å²) in [6, 6.07) is 1.97. The molecule has 1 aromatic heterocycles. The third kappa shape index (κ3) is 4.18. The summed E-state index contributed by atoms with van der Waals surface area (Å²) in [7, 11) is 0. The van der Waals surface area contributed by atoms with Crippen LogP contribution in [0.5, 0.6) is 0 Å². The molecule has 1 rings (SSSR count). The molecule has 0 amide bonds. The summed E-state index contributed by atoms with van der Waals surface area (Å²) in [4.78, 5) is 0. The Balaban J connectivity index is 2.21. The molecular formula is C10H15Cl2NS. The van der Waals surface area contributed by atoms with Crippen molar-refractivity contribution in [1.82, 2.24) is 0 Å². The van der Waals surface area contributed by atoms with Crippen LogP contribution in [0.2, 0.25) is 8.67 Å². The van der Waals surface area contributed by atoms with Crippen molar-refractivity contribution >= 4 is 34.5 Å². The summed E-state index contributed by atoms with van der Waals surface area (Å²) in [6.07, 6.45) is 5.77. The maximum Gasteiger partial charge on any atom is 0.0976 e. The lowest BCUT2D eigenvalue weighted by Gasteiger charge is -1.99. The molecule has 0 fully saturated rings. The first-order valence-corrected chi connectivity index (χ1v) is 6.45. The predicted octanol–water partition coefficient (Wildman–Crippen LogP) is 4.12. The van der Waals surface area contributed by atoms with Gasteiger partial charge in [-0.15, -0.1) is 11.3 Å². The van der Waals surface area contributed by atoms with Crippen LogP contribution in [-0.4, -0.2) is 6.54 Å². The van der Waals surface area contributed by atoms with Crippen molar-refractivity contribution < 1.29 is 0 Å². The highest BCUT2D eigenvalue weighted by Crippen LogP contribution is 2.32. The molecule has 80 valence electrons. The number of hydrogen-bond acceptors (Lipinski definition) is 2. The molecule has 4 heteroatoms. The minimum absolute atomic E-state index is 0.784. The van der Waals surface area contributed by atoms with Crippen LogP contribution >= 0.6 is 34.5 Å². The van der Waals surface area contributed by atoms with E-state index in [4.69, 9.17) is 28.9 Å². The van der Waals surface area contributed by atoms with Crippen molar-refractivity contribution in [2.24, 2.45) is 5.73 Å². The van der Waals surface area contributed by atoms with Gasteiger partial charge in [0.1, 0.15) is 0 Å². The molecule has 2 N–H and O–H groups in total. The monoisotopic (exact) mass is 251 g/mol. The van der Waals surface area contributed by atoms with Crippen LogP contribution in [0, 0.1) is 0 Å². The molecule has 0 spiro atoms. The second-order valence-electron chi connectivity index (χ2n) is 3.30. The molecule has 14 heavy (non-hydrogen) atoms. The first kappa shape index (κ1) is 12.3. The molecule has 0 aromatic carbocycles. The van der Waals surface area contributed by atoms with E-state index in [-0.39, 0.29) is 0 Å². The molecule has 1 aromatic rings. The van der Waals surface area contributed by atoms with Gasteiger partial charge in [0.05, 0.1) is 8.67 Å². The highest BCUT2D eigenvalue weighted by Gasteiger charge is 2.04. The highest BCUT2D eigenvalue weighted by atomic mass is 35.5. The molecule has 0 aliphatic rings. The van der Waals surface area contributed by atoms with Crippen molar-refractivity contribution in [1.29, 1.82) is 0 Å². The maximum absolute atomic E-state index is 6.00. The largest absolute Gasteiger partial charge is 0.330 e. The number of aryl methyl sites for hydroxylation is 1. The third-order valence-electron chi connectivity index (χ3n) is 2.13. The van der Waals surface area contributed by atoms with Crippen LogP contribution in [-0.2, 0) is 6.42 Å². The maximum atomic E-state index is 6.00. The van der Waals surface area contributed by atoms with Crippen LogP contribution < -0.4 is 5.73 Å². The van der Waals surface area contributed by atoms with E-state index in [2.05, 4.69) is 0 Å². The van der Waals surface area contributed by atoms with Gasteiger partial charge >= 0.3 is 0 Å². The van der Waals surface area contributed by atoms with E-state index >= 15 is 0 Å². The lowest BCUT2D eigenvalue weighted by atomic mass is 10.1. The van der Waals surface area contributed by atoms with Gasteiger partial charge in [-0.05, 0) is 37.4 Å². The zero-order chi connectivity index (χ0) is 10.4. The molecule has 1 nitrogen and oxygen atoms in total. The van der Waals surface area contributed by atoms with Crippen LogP contribution in [0.3, 0.4) is 0 Å². The number of hydrogen-bond donors (Lipinski definition) is 1. The van der Waals surface area contributed by atoms with Crippen LogP contribution in [0.15, 0.2) is 6.07 Å². The number of nitrogens with two attached hydrogens (primary N) is 1. The fourth-order valence-electron chi connectivity index (χ4n) is 1.36. The zero-order valence-corrected chi connectivity index (χ0v) is 10.4. The van der Waals surface area contributed by atoms with Crippen molar-refractivity contribution in [3.05, 3.63) is 20.3 Å². The molecule has 0 saturated heterocycles. The molecule has 0 bridgehead atoms. The second kappa shape index (κ2) is 6.67. The molecule has 0 aliphatic heterocycles. The summed E-state index contributed by atoms with van der Waals surface area (Å²) < 4.78 is 1.63. The lowest BCUT2D eigenvalue weighted by molar-refractivity contribution is 0.647. The third-order valence-corrected chi connectivity index (χ3v) is 3.70. The SMILES string of the molecule is NCCCCCCc1cc(Cl)sc1Cl. The molecule has 0 aliphatic carbocycles. The average Bonchev–Trinajstić information content (AvgIpc) is 2.45. The molecule has 0 unspecified atom stereocenters. The Labute approximate surface area is 99.2 Å². The average molecular weight is 252 g/mol. The Morgan fingerprint density at radius 3 is 2.43 bits per heavy atom. The van der Waals surface area contributed by atoms with Gasteiger partial charge in [-0.3, -0.25) is 0 Å². The van der Waals surface area contributed by atoms with E-state index in [1.165, 1.54) is 36.2 Å². The second-order valence-corrected chi connectivity index (χ2v) is 5.59. The van der Waals surface area contributed by atoms with E-state index in [0.29, 0.717) is 0 Å². The van der Waals surface area contributed by atoms with Gasteiger partial charge < -0.3 is 5.73 Å². The Morgan fingerprint density at radius 2 is 1.86 bits per heavy atom. The Hall–Kier alpha value is 0.240. The molecule has 0 saturated carbocycles. The summed E-state index contributed by atoms with van der Waals surface area (Å²) in [6.45, 7) is 0.797. The molecule has 1 heterocycles. The smallest absolute Gasteiger partial charge is 0.0976 e. The molecule has 0 atom stereocenters. The van der Waals surface area contributed by atoms with Gasteiger partial charge in [0, 0.05) is 0 Å². The fourth-order valence-corrected chi connectivity index (χ4v) is 2.90. The van der Waals surface area contributed by atoms with Gasteiger partial charge in [-0.25, -0.2) is 0 Å². The van der Waals surface area contributed by atoms with Gasteiger partial charge in [-0.1, -0.05) is 36.0 Å².